The summed E-state index contributed by atoms with van der Waals surface area (Å²) >= 11 is 0. The van der Waals surface area contributed by atoms with Gasteiger partial charge in [-0.05, 0) is 24.1 Å². The molecule has 8 nitrogen and oxygen atoms in total. The van der Waals surface area contributed by atoms with Crippen LogP contribution in [0, 0.1) is 0 Å². The zero-order valence-electron chi connectivity index (χ0n) is 16.7. The molecular formula is C18H25F3IN7O. The van der Waals surface area contributed by atoms with Crippen molar-refractivity contribution in [1.29, 1.82) is 0 Å². The maximum Gasteiger partial charge on any atom is 0.416 e. The largest absolute Gasteiger partial charge is 0.416 e. The molecule has 0 aliphatic rings. The molecule has 0 aliphatic carbocycles. The number of hydrogen-bond donors (Lipinski definition) is 2. The third kappa shape index (κ3) is 8.97. The minimum Gasteiger partial charge on any atom is -0.356 e. The Balaban J connectivity index is 0.00000450. The van der Waals surface area contributed by atoms with E-state index in [1.165, 1.54) is 11.0 Å². The van der Waals surface area contributed by atoms with Crippen molar-refractivity contribution in [3.63, 3.8) is 0 Å². The molecule has 0 radical (unpaired) electrons. The molecule has 0 atom stereocenters. The van der Waals surface area contributed by atoms with Gasteiger partial charge in [0.25, 0.3) is 0 Å². The minimum absolute atomic E-state index is 0. The number of amides is 1. The molecule has 0 spiro atoms. The van der Waals surface area contributed by atoms with E-state index in [9.17, 15) is 18.0 Å². The fraction of sp³-hybridized carbons (Fsp3) is 0.444. The van der Waals surface area contributed by atoms with E-state index < -0.39 is 11.7 Å². The van der Waals surface area contributed by atoms with Gasteiger partial charge in [-0.1, -0.05) is 17.3 Å². The van der Waals surface area contributed by atoms with Gasteiger partial charge in [0.1, 0.15) is 0 Å². The van der Waals surface area contributed by atoms with Crippen LogP contribution in [0.4, 0.5) is 13.2 Å². The third-order valence-electron chi connectivity index (χ3n) is 3.91. The van der Waals surface area contributed by atoms with Crippen LogP contribution in [-0.4, -0.2) is 58.9 Å². The summed E-state index contributed by atoms with van der Waals surface area (Å²) in [6.45, 7) is 1.23. The molecule has 0 unspecified atom stereocenters. The van der Waals surface area contributed by atoms with Crippen LogP contribution in [0.3, 0.4) is 0 Å². The summed E-state index contributed by atoms with van der Waals surface area (Å²) in [6.07, 6.45) is -0.353. The summed E-state index contributed by atoms with van der Waals surface area (Å²) in [6, 6.07) is 5.01. The van der Waals surface area contributed by atoms with Gasteiger partial charge in [-0.15, -0.1) is 29.1 Å². The first-order chi connectivity index (χ1) is 13.8. The number of aryl methyl sites for hydroxylation is 1. The predicted molar refractivity (Wildman–Crippen MR) is 117 cm³/mol. The van der Waals surface area contributed by atoms with E-state index in [1.54, 1.807) is 37.2 Å². The lowest BCUT2D eigenvalue weighted by Gasteiger charge is -2.15. The summed E-state index contributed by atoms with van der Waals surface area (Å²) in [5.41, 5.74) is -0.300. The third-order valence-corrected chi connectivity index (χ3v) is 3.91. The first kappa shape index (κ1) is 25.7. The highest BCUT2D eigenvalue weighted by molar-refractivity contribution is 14.0. The van der Waals surface area contributed by atoms with Crippen molar-refractivity contribution in [2.45, 2.75) is 25.7 Å². The van der Waals surface area contributed by atoms with Gasteiger partial charge in [-0.2, -0.15) is 13.2 Å². The van der Waals surface area contributed by atoms with Gasteiger partial charge in [0.05, 0.1) is 24.8 Å². The number of alkyl halides is 3. The van der Waals surface area contributed by atoms with Gasteiger partial charge in [-0.25, -0.2) is 4.99 Å². The van der Waals surface area contributed by atoms with Crippen molar-refractivity contribution in [3.05, 3.63) is 47.8 Å². The number of nitrogens with zero attached hydrogens (tertiary/aromatic N) is 5. The molecular weight excluding hydrogens is 514 g/mol. The molecule has 12 heteroatoms. The monoisotopic (exact) mass is 539 g/mol. The smallest absolute Gasteiger partial charge is 0.356 e. The first-order valence-corrected chi connectivity index (χ1v) is 8.98. The lowest BCUT2D eigenvalue weighted by molar-refractivity contribution is -0.137. The molecule has 0 saturated heterocycles. The minimum atomic E-state index is -4.40. The van der Waals surface area contributed by atoms with Crippen LogP contribution in [0.25, 0.3) is 0 Å². The number of carbonyl (C=O) groups is 1. The Bertz CT molecular complexity index is 810. The average molecular weight is 539 g/mol. The van der Waals surface area contributed by atoms with Gasteiger partial charge < -0.3 is 15.5 Å². The van der Waals surface area contributed by atoms with E-state index in [0.717, 1.165) is 18.6 Å². The number of aliphatic imine (C=N–C) groups is 1. The second-order valence-corrected chi connectivity index (χ2v) is 6.45. The topological polar surface area (TPSA) is 87.4 Å². The van der Waals surface area contributed by atoms with Crippen LogP contribution >= 0.6 is 24.0 Å². The zero-order chi connectivity index (χ0) is 21.3. The maximum absolute atomic E-state index is 12.9. The predicted octanol–water partition coefficient (Wildman–Crippen LogP) is 2.13. The number of benzene rings is 1. The second kappa shape index (κ2) is 12.3. The molecule has 1 heterocycles. The van der Waals surface area contributed by atoms with Gasteiger partial charge >= 0.3 is 6.18 Å². The molecule has 1 amide bonds. The van der Waals surface area contributed by atoms with Gasteiger partial charge in [0.2, 0.25) is 5.91 Å². The van der Waals surface area contributed by atoms with Crippen molar-refractivity contribution in [1.82, 2.24) is 30.5 Å². The standard InChI is InChI=1S/C18H24F3N7O.HI/c1-27(2)16(29)13-24-17(22-7-4-9-28-10-8-25-26-28)23-12-14-5-3-6-15(11-14)18(19,20)21;/h3,5-6,8,10-11H,4,7,9,12-13H2,1-2H3,(H2,22,23,24);1H. The van der Waals surface area contributed by atoms with Crippen molar-refractivity contribution in [2.75, 3.05) is 27.2 Å². The zero-order valence-corrected chi connectivity index (χ0v) is 19.0. The summed E-state index contributed by atoms with van der Waals surface area (Å²) in [4.78, 5) is 17.5. The molecule has 1 aromatic carbocycles. The Morgan fingerprint density at radius 1 is 1.27 bits per heavy atom. The molecule has 0 bridgehead atoms. The molecule has 2 N–H and O–H groups in total. The van der Waals surface area contributed by atoms with E-state index in [-0.39, 0.29) is 43.0 Å². The van der Waals surface area contributed by atoms with Crippen LogP contribution in [0.5, 0.6) is 0 Å². The highest BCUT2D eigenvalue weighted by Gasteiger charge is 2.30. The highest BCUT2D eigenvalue weighted by atomic mass is 127. The van der Waals surface area contributed by atoms with Crippen molar-refractivity contribution < 1.29 is 18.0 Å². The second-order valence-electron chi connectivity index (χ2n) is 6.45. The summed E-state index contributed by atoms with van der Waals surface area (Å²) in [5.74, 6) is 0.192. The van der Waals surface area contributed by atoms with Crippen LogP contribution in [0.1, 0.15) is 17.5 Å². The number of guanidine groups is 1. The van der Waals surface area contributed by atoms with Crippen LogP contribution in [0.15, 0.2) is 41.7 Å². The van der Waals surface area contributed by atoms with E-state index in [0.29, 0.717) is 24.6 Å². The molecule has 2 rings (SSSR count). The van der Waals surface area contributed by atoms with Crippen LogP contribution in [-0.2, 0) is 24.1 Å². The van der Waals surface area contributed by atoms with E-state index in [4.69, 9.17) is 0 Å². The number of likely N-dealkylation sites (N-methyl/N-ethyl adjacent to an activating group) is 1. The molecule has 30 heavy (non-hydrogen) atoms. The van der Waals surface area contributed by atoms with Crippen molar-refractivity contribution >= 4 is 35.8 Å². The first-order valence-electron chi connectivity index (χ1n) is 8.98. The fourth-order valence-electron chi connectivity index (χ4n) is 2.31. The molecule has 166 valence electrons. The number of nitrogens with one attached hydrogen (secondary N) is 2. The van der Waals surface area contributed by atoms with Gasteiger partial charge in [-0.3, -0.25) is 9.48 Å². The van der Waals surface area contributed by atoms with E-state index in [2.05, 4.69) is 25.9 Å². The lowest BCUT2D eigenvalue weighted by atomic mass is 10.1. The number of carbonyl (C=O) groups excluding carboxylic acids is 1. The number of aromatic nitrogens is 3. The Kier molecular flexibility index (Phi) is 10.6. The molecule has 0 fully saturated rings. The molecule has 0 aliphatic heterocycles. The average Bonchev–Trinajstić information content (AvgIpc) is 3.19. The van der Waals surface area contributed by atoms with Crippen LogP contribution < -0.4 is 10.6 Å². The SMILES string of the molecule is CN(C)C(=O)CNC(=NCc1cccc(C(F)(F)F)c1)NCCCn1ccnn1.I. The Morgan fingerprint density at radius 2 is 2.03 bits per heavy atom. The summed E-state index contributed by atoms with van der Waals surface area (Å²) in [7, 11) is 3.27. The lowest BCUT2D eigenvalue weighted by Crippen LogP contribution is -2.43. The van der Waals surface area contributed by atoms with Gasteiger partial charge in [0, 0.05) is 33.4 Å². The molecule has 0 saturated carbocycles. The molecule has 1 aromatic heterocycles. The molecule has 2 aromatic rings. The Hall–Kier alpha value is -2.38. The van der Waals surface area contributed by atoms with Crippen LogP contribution in [0.2, 0.25) is 0 Å². The Labute approximate surface area is 189 Å². The number of halogens is 4. The van der Waals surface area contributed by atoms with E-state index >= 15 is 0 Å². The van der Waals surface area contributed by atoms with E-state index in [1.807, 2.05) is 0 Å². The summed E-state index contributed by atoms with van der Waals surface area (Å²) in [5, 5.41) is 13.6. The fourth-order valence-corrected chi connectivity index (χ4v) is 2.31. The van der Waals surface area contributed by atoms with Crippen molar-refractivity contribution in [2.24, 2.45) is 4.99 Å². The normalized spacial score (nSPS) is 11.6. The van der Waals surface area contributed by atoms with Gasteiger partial charge in [0.15, 0.2) is 5.96 Å². The highest BCUT2D eigenvalue weighted by Crippen LogP contribution is 2.29. The summed E-state index contributed by atoms with van der Waals surface area (Å²) < 4.78 is 40.3. The number of hydrogen-bond acceptors (Lipinski definition) is 4. The number of rotatable bonds is 8. The quantitative estimate of drug-likeness (QED) is 0.233. The Morgan fingerprint density at radius 3 is 2.67 bits per heavy atom. The maximum atomic E-state index is 12.9. The van der Waals surface area contributed by atoms with Crippen molar-refractivity contribution in [3.8, 4) is 0 Å².